The molecule has 0 aromatic carbocycles. The molecule has 0 bridgehead atoms. The first-order valence-electron chi connectivity index (χ1n) is 11.6. The minimum Gasteiger partial charge on any atom is -0.474 e. The topological polar surface area (TPSA) is 111 Å². The quantitative estimate of drug-likeness (QED) is 0.566. The van der Waals surface area contributed by atoms with Gasteiger partial charge in [0.2, 0.25) is 15.9 Å². The number of nitrogens with zero attached hydrogens (tertiary/aromatic N) is 5. The number of aromatic nitrogens is 4. The number of morpholine rings is 1. The number of pyridine rings is 2. The van der Waals surface area contributed by atoms with E-state index in [2.05, 4.69) is 25.9 Å². The smallest absolute Gasteiger partial charge is 0.229 e. The van der Waals surface area contributed by atoms with Gasteiger partial charge in [0.1, 0.15) is 11.9 Å². The number of anilines is 2. The molecule has 5 rings (SSSR count). The number of ether oxygens (including phenoxy) is 2. The number of nitrogens with one attached hydrogen (secondary N) is 1. The van der Waals surface area contributed by atoms with E-state index in [1.54, 1.807) is 6.07 Å². The van der Waals surface area contributed by atoms with Crippen molar-refractivity contribution < 1.29 is 17.9 Å². The van der Waals surface area contributed by atoms with E-state index < -0.39 is 10.0 Å². The summed E-state index contributed by atoms with van der Waals surface area (Å²) in [5.74, 6) is 1.78. The highest BCUT2D eigenvalue weighted by Gasteiger charge is 2.26. The molecule has 3 aromatic rings. The molecule has 2 fully saturated rings. The van der Waals surface area contributed by atoms with E-state index in [1.165, 1.54) is 11.8 Å². The molecular weight excluding hydrogens is 456 g/mol. The van der Waals surface area contributed by atoms with Crippen LogP contribution in [0.25, 0.3) is 10.9 Å². The van der Waals surface area contributed by atoms with E-state index in [4.69, 9.17) is 14.5 Å². The van der Waals surface area contributed by atoms with Crippen molar-refractivity contribution in [2.75, 3.05) is 42.2 Å². The molecule has 34 heavy (non-hydrogen) atoms. The molecule has 0 radical (unpaired) electrons. The third kappa shape index (κ3) is 5.25. The van der Waals surface area contributed by atoms with Crippen molar-refractivity contribution in [1.29, 1.82) is 0 Å². The number of sulfonamides is 1. The van der Waals surface area contributed by atoms with Gasteiger partial charge in [0.25, 0.3) is 0 Å². The van der Waals surface area contributed by atoms with Crippen LogP contribution < -0.4 is 14.4 Å². The monoisotopic (exact) mass is 486 g/mol. The number of rotatable bonds is 6. The van der Waals surface area contributed by atoms with E-state index in [-0.39, 0.29) is 6.10 Å². The molecule has 0 spiro atoms. The van der Waals surface area contributed by atoms with Gasteiger partial charge < -0.3 is 14.4 Å². The summed E-state index contributed by atoms with van der Waals surface area (Å²) in [6, 6.07) is 3.67. The van der Waals surface area contributed by atoms with E-state index in [0.717, 1.165) is 56.4 Å². The van der Waals surface area contributed by atoms with Gasteiger partial charge in [-0.1, -0.05) is 0 Å². The molecule has 182 valence electrons. The Morgan fingerprint density at radius 1 is 1.12 bits per heavy atom. The number of hydrogen-bond donors (Lipinski definition) is 1. The molecule has 4 heterocycles. The van der Waals surface area contributed by atoms with Crippen molar-refractivity contribution in [3.05, 3.63) is 36.3 Å². The third-order valence-electron chi connectivity index (χ3n) is 6.42. The molecule has 11 heteroatoms. The number of aryl methyl sites for hydroxylation is 1. The molecule has 0 unspecified atom stereocenters. The Bertz CT molecular complexity index is 1260. The predicted molar refractivity (Wildman–Crippen MR) is 130 cm³/mol. The summed E-state index contributed by atoms with van der Waals surface area (Å²) in [5.41, 5.74) is 2.38. The van der Waals surface area contributed by atoms with E-state index >= 15 is 0 Å². The second kappa shape index (κ2) is 9.38. The van der Waals surface area contributed by atoms with Crippen molar-refractivity contribution in [1.82, 2.24) is 19.7 Å². The maximum absolute atomic E-state index is 11.7. The highest BCUT2D eigenvalue weighted by atomic mass is 32.2. The minimum atomic E-state index is -3.42. The van der Waals surface area contributed by atoms with Gasteiger partial charge in [-0.3, -0.25) is 14.4 Å². The third-order valence-corrected chi connectivity index (χ3v) is 7.02. The van der Waals surface area contributed by atoms with Crippen LogP contribution >= 0.6 is 0 Å². The molecular formula is C23H30N6O4S. The molecule has 1 saturated heterocycles. The molecule has 1 N–H and O–H groups in total. The van der Waals surface area contributed by atoms with Crippen molar-refractivity contribution in [2.24, 2.45) is 7.05 Å². The van der Waals surface area contributed by atoms with Crippen molar-refractivity contribution in [3.8, 4) is 5.88 Å². The summed E-state index contributed by atoms with van der Waals surface area (Å²) in [6.45, 7) is 2.81. The fourth-order valence-corrected chi connectivity index (χ4v) is 5.26. The van der Waals surface area contributed by atoms with Crippen LogP contribution in [0.3, 0.4) is 0 Å². The first-order chi connectivity index (χ1) is 16.3. The Morgan fingerprint density at radius 2 is 1.88 bits per heavy atom. The van der Waals surface area contributed by atoms with Gasteiger partial charge in [-0.15, -0.1) is 0 Å². The van der Waals surface area contributed by atoms with Crippen LogP contribution in [0.1, 0.15) is 37.2 Å². The maximum atomic E-state index is 11.7. The van der Waals surface area contributed by atoms with Crippen molar-refractivity contribution in [3.63, 3.8) is 0 Å². The molecule has 3 aromatic heterocycles. The first kappa shape index (κ1) is 22.9. The Labute approximate surface area is 199 Å². The minimum absolute atomic E-state index is 0.0371. The van der Waals surface area contributed by atoms with Gasteiger partial charge in [-0.2, -0.15) is 10.1 Å². The molecule has 1 aliphatic heterocycles. The average molecular weight is 487 g/mol. The summed E-state index contributed by atoms with van der Waals surface area (Å²) in [4.78, 5) is 11.5. The number of hydrogen-bond acceptors (Lipinski definition) is 8. The van der Waals surface area contributed by atoms with Gasteiger partial charge in [0.05, 0.1) is 48.5 Å². The fraction of sp³-hybridized carbons (Fsp3) is 0.522. The second-order valence-electron chi connectivity index (χ2n) is 9.09. The molecule has 0 atom stereocenters. The molecule has 1 saturated carbocycles. The zero-order valence-electron chi connectivity index (χ0n) is 19.5. The van der Waals surface area contributed by atoms with E-state index in [1.807, 2.05) is 24.0 Å². The molecule has 10 nitrogen and oxygen atoms in total. The lowest BCUT2D eigenvalue weighted by molar-refractivity contribution is 0.122. The van der Waals surface area contributed by atoms with Gasteiger partial charge in [-0.05, 0) is 43.2 Å². The van der Waals surface area contributed by atoms with Crippen LogP contribution in [0.2, 0.25) is 0 Å². The van der Waals surface area contributed by atoms with Crippen LogP contribution in [-0.4, -0.2) is 66.8 Å². The normalized spacial score (nSPS) is 21.5. The lowest BCUT2D eigenvalue weighted by Gasteiger charge is -2.30. The lowest BCUT2D eigenvalue weighted by atomic mass is 9.84. The van der Waals surface area contributed by atoms with Gasteiger partial charge >= 0.3 is 0 Å². The lowest BCUT2D eigenvalue weighted by Crippen LogP contribution is -2.36. The van der Waals surface area contributed by atoms with Crippen LogP contribution in [0.4, 0.5) is 11.5 Å². The van der Waals surface area contributed by atoms with Crippen molar-refractivity contribution in [2.45, 2.75) is 37.7 Å². The largest absolute Gasteiger partial charge is 0.474 e. The highest BCUT2D eigenvalue weighted by molar-refractivity contribution is 7.92. The van der Waals surface area contributed by atoms with E-state index in [0.29, 0.717) is 36.1 Å². The maximum Gasteiger partial charge on any atom is 0.229 e. The zero-order chi connectivity index (χ0) is 23.7. The SMILES string of the molecule is Cn1cc(C2CCC(Oc3nc(N4CCOCC4)cc4ncc(NS(C)(=O)=O)cc34)CC2)cn1. The summed E-state index contributed by atoms with van der Waals surface area (Å²) < 4.78 is 39.8. The Hall–Kier alpha value is -2.92. The highest BCUT2D eigenvalue weighted by Crippen LogP contribution is 2.36. The predicted octanol–water partition coefficient (Wildman–Crippen LogP) is 2.68. The first-order valence-corrected chi connectivity index (χ1v) is 13.5. The Balaban J connectivity index is 1.41. The standard InChI is InChI=1S/C23H30N6O4S/c1-28-15-17(13-25-28)16-3-5-19(6-4-16)33-23-20-11-18(27-34(2,30)31)14-24-21(20)12-22(26-23)29-7-9-32-10-8-29/h11-16,19,27H,3-10H2,1-2H3. The second-order valence-corrected chi connectivity index (χ2v) is 10.8. The van der Waals surface area contributed by atoms with Gasteiger partial charge in [-0.25, -0.2) is 8.42 Å². The summed E-state index contributed by atoms with van der Waals surface area (Å²) >= 11 is 0. The fourth-order valence-electron chi connectivity index (χ4n) is 4.72. The molecule has 2 aliphatic rings. The van der Waals surface area contributed by atoms with Crippen LogP contribution in [-0.2, 0) is 21.8 Å². The van der Waals surface area contributed by atoms with Gasteiger partial charge in [0.15, 0.2) is 0 Å². The average Bonchev–Trinajstić information content (AvgIpc) is 3.25. The van der Waals surface area contributed by atoms with E-state index in [9.17, 15) is 8.42 Å². The summed E-state index contributed by atoms with van der Waals surface area (Å²) in [5, 5.41) is 5.00. The van der Waals surface area contributed by atoms with Crippen LogP contribution in [0.15, 0.2) is 30.7 Å². The summed E-state index contributed by atoms with van der Waals surface area (Å²) in [6.07, 6.45) is 10.6. The van der Waals surface area contributed by atoms with Crippen LogP contribution in [0.5, 0.6) is 5.88 Å². The Morgan fingerprint density at radius 3 is 2.56 bits per heavy atom. The summed E-state index contributed by atoms with van der Waals surface area (Å²) in [7, 11) is -1.48. The Kier molecular flexibility index (Phi) is 6.30. The zero-order valence-corrected chi connectivity index (χ0v) is 20.3. The molecule has 0 amide bonds. The van der Waals surface area contributed by atoms with Gasteiger partial charge in [0, 0.05) is 32.4 Å². The molecule has 1 aliphatic carbocycles. The van der Waals surface area contributed by atoms with Crippen molar-refractivity contribution >= 4 is 32.4 Å². The number of fused-ring (bicyclic) bond motifs is 1. The van der Waals surface area contributed by atoms with Crippen LogP contribution in [0, 0.1) is 0 Å².